The van der Waals surface area contributed by atoms with Gasteiger partial charge in [0.15, 0.2) is 8.45 Å². The first-order chi connectivity index (χ1) is 15.0. The molecule has 2 aromatic carbocycles. The van der Waals surface area contributed by atoms with E-state index in [1.54, 1.807) is 0 Å². The zero-order chi connectivity index (χ0) is 23.1. The summed E-state index contributed by atoms with van der Waals surface area (Å²) in [7, 11) is -3.24. The Morgan fingerprint density at radius 1 is 0.844 bits per heavy atom. The monoisotopic (exact) mass is 486 g/mol. The Labute approximate surface area is 199 Å². The lowest BCUT2D eigenvalue weighted by molar-refractivity contribution is 0.221. The molecule has 0 aromatic heterocycles. The summed E-state index contributed by atoms with van der Waals surface area (Å²) < 4.78 is 12.9. The van der Waals surface area contributed by atoms with E-state index in [1.165, 1.54) is 54.4 Å². The van der Waals surface area contributed by atoms with Gasteiger partial charge in [-0.1, -0.05) is 94.6 Å². The molecule has 2 aliphatic rings. The molecule has 2 aromatic rings. The second-order valence-electron chi connectivity index (χ2n) is 12.3. The molecule has 0 amide bonds. The van der Waals surface area contributed by atoms with E-state index in [0.717, 1.165) is 0 Å². The van der Waals surface area contributed by atoms with Crippen molar-refractivity contribution in [3.63, 3.8) is 0 Å². The summed E-state index contributed by atoms with van der Waals surface area (Å²) in [5.41, 5.74) is 1.33. The molecule has 0 bridgehead atoms. The SMILES string of the molecule is C[C@@H](OP1N(C[Si](C)(C)C)[C@@H]2CCCC[C@H]2N1C[Si](C)(C)C)c1cccc2ccccc12. The fourth-order valence-corrected chi connectivity index (χ4v) is 13.3. The molecule has 4 rings (SSSR count). The summed E-state index contributed by atoms with van der Waals surface area (Å²) in [4.78, 5) is 0. The van der Waals surface area contributed by atoms with Crippen LogP contribution in [0.4, 0.5) is 0 Å². The van der Waals surface area contributed by atoms with Crippen molar-refractivity contribution in [1.82, 2.24) is 9.34 Å². The van der Waals surface area contributed by atoms with Crippen LogP contribution in [0, 0.1) is 0 Å². The Morgan fingerprint density at radius 3 is 1.94 bits per heavy atom. The van der Waals surface area contributed by atoms with Gasteiger partial charge in [-0.05, 0) is 48.4 Å². The maximum atomic E-state index is 7.18. The van der Waals surface area contributed by atoms with Gasteiger partial charge in [-0.25, -0.2) is 9.34 Å². The average molecular weight is 487 g/mol. The Balaban J connectivity index is 1.69. The van der Waals surface area contributed by atoms with Crippen LogP contribution in [0.15, 0.2) is 42.5 Å². The molecule has 32 heavy (non-hydrogen) atoms. The van der Waals surface area contributed by atoms with Crippen molar-refractivity contribution < 1.29 is 4.52 Å². The molecule has 1 saturated heterocycles. The third-order valence-corrected chi connectivity index (χ3v) is 12.1. The van der Waals surface area contributed by atoms with Gasteiger partial charge in [0.05, 0.1) is 22.3 Å². The number of hydrogen-bond acceptors (Lipinski definition) is 3. The van der Waals surface area contributed by atoms with E-state index in [1.807, 2.05) is 0 Å². The van der Waals surface area contributed by atoms with E-state index < -0.39 is 24.6 Å². The predicted molar refractivity (Wildman–Crippen MR) is 147 cm³/mol. The molecular formula is C26H43N2OPSi2. The van der Waals surface area contributed by atoms with E-state index >= 15 is 0 Å². The number of benzene rings is 2. The third kappa shape index (κ3) is 5.56. The topological polar surface area (TPSA) is 15.7 Å². The van der Waals surface area contributed by atoms with Gasteiger partial charge in [0.25, 0.3) is 0 Å². The molecule has 2 fully saturated rings. The maximum absolute atomic E-state index is 7.18. The zero-order valence-corrected chi connectivity index (χ0v) is 24.2. The van der Waals surface area contributed by atoms with Gasteiger partial charge < -0.3 is 4.52 Å². The second kappa shape index (κ2) is 9.60. The van der Waals surface area contributed by atoms with Crippen LogP contribution in [-0.4, -0.2) is 49.9 Å². The number of rotatable bonds is 7. The first-order valence-electron chi connectivity index (χ1n) is 12.5. The van der Waals surface area contributed by atoms with Crippen LogP contribution in [0.5, 0.6) is 0 Å². The van der Waals surface area contributed by atoms with Gasteiger partial charge in [0, 0.05) is 12.1 Å². The molecule has 3 nitrogen and oxygen atoms in total. The van der Waals surface area contributed by atoms with Crippen molar-refractivity contribution in [2.45, 2.75) is 90.1 Å². The molecule has 0 radical (unpaired) electrons. The van der Waals surface area contributed by atoms with Crippen LogP contribution < -0.4 is 0 Å². The van der Waals surface area contributed by atoms with Gasteiger partial charge in [-0.3, -0.25) is 0 Å². The average Bonchev–Trinajstić information content (AvgIpc) is 2.98. The highest BCUT2D eigenvalue weighted by molar-refractivity contribution is 7.48. The lowest BCUT2D eigenvalue weighted by atomic mass is 9.90. The minimum absolute atomic E-state index is 0.0978. The van der Waals surface area contributed by atoms with Crippen LogP contribution in [0.25, 0.3) is 10.8 Å². The summed E-state index contributed by atoms with van der Waals surface area (Å²) in [6, 6.07) is 16.8. The highest BCUT2D eigenvalue weighted by Crippen LogP contribution is 2.60. The predicted octanol–water partition coefficient (Wildman–Crippen LogP) is 7.83. The molecule has 0 unspecified atom stereocenters. The van der Waals surface area contributed by atoms with Crippen molar-refractivity contribution in [1.29, 1.82) is 0 Å². The maximum Gasteiger partial charge on any atom is 0.188 e. The Hall–Kier alpha value is -0.556. The highest BCUT2D eigenvalue weighted by atomic mass is 31.2. The summed E-state index contributed by atoms with van der Waals surface area (Å²) >= 11 is 0. The van der Waals surface area contributed by atoms with Crippen molar-refractivity contribution in [2.75, 3.05) is 12.3 Å². The van der Waals surface area contributed by atoms with Gasteiger partial charge in [-0.15, -0.1) is 0 Å². The zero-order valence-electron chi connectivity index (χ0n) is 21.3. The number of hydrogen-bond donors (Lipinski definition) is 0. The first kappa shape index (κ1) is 24.6. The van der Waals surface area contributed by atoms with Crippen LogP contribution in [0.2, 0.25) is 39.3 Å². The van der Waals surface area contributed by atoms with Gasteiger partial charge >= 0.3 is 0 Å². The lowest BCUT2D eigenvalue weighted by Crippen LogP contribution is -2.46. The second-order valence-corrected chi connectivity index (χ2v) is 24.9. The lowest BCUT2D eigenvalue weighted by Gasteiger charge is -2.37. The number of fused-ring (bicyclic) bond motifs is 2. The molecular weight excluding hydrogens is 443 g/mol. The Kier molecular flexibility index (Phi) is 7.37. The fraction of sp³-hybridized carbons (Fsp3) is 0.615. The Morgan fingerprint density at radius 2 is 1.38 bits per heavy atom. The highest BCUT2D eigenvalue weighted by Gasteiger charge is 2.51. The minimum Gasteiger partial charge on any atom is -0.323 e. The van der Waals surface area contributed by atoms with Crippen LogP contribution in [-0.2, 0) is 4.52 Å². The molecule has 1 heterocycles. The normalized spacial score (nSPS) is 24.7. The summed E-state index contributed by atoms with van der Waals surface area (Å²) in [6.45, 7) is 17.4. The van der Waals surface area contributed by atoms with E-state index in [2.05, 4.69) is 98.0 Å². The molecule has 176 valence electrons. The molecule has 3 atom stereocenters. The molecule has 0 spiro atoms. The fourth-order valence-electron chi connectivity index (χ4n) is 5.44. The van der Waals surface area contributed by atoms with Crippen LogP contribution in [0.3, 0.4) is 0 Å². The molecule has 1 saturated carbocycles. The summed E-state index contributed by atoms with van der Waals surface area (Å²) in [6.07, 6.45) is 8.07. The third-order valence-electron chi connectivity index (χ3n) is 6.69. The quantitative estimate of drug-likeness (QED) is 0.293. The summed E-state index contributed by atoms with van der Waals surface area (Å²) in [5, 5.41) is 2.65. The molecule has 0 N–H and O–H groups in total. The molecule has 1 aliphatic carbocycles. The van der Waals surface area contributed by atoms with Crippen molar-refractivity contribution in [2.24, 2.45) is 0 Å². The van der Waals surface area contributed by atoms with Crippen molar-refractivity contribution in [3.8, 4) is 0 Å². The molecule has 1 aliphatic heterocycles. The van der Waals surface area contributed by atoms with Gasteiger partial charge in [-0.2, -0.15) is 0 Å². The van der Waals surface area contributed by atoms with E-state index in [9.17, 15) is 0 Å². The van der Waals surface area contributed by atoms with E-state index in [-0.39, 0.29) is 6.10 Å². The van der Waals surface area contributed by atoms with Gasteiger partial charge in [0.1, 0.15) is 0 Å². The van der Waals surface area contributed by atoms with Crippen LogP contribution >= 0.6 is 8.45 Å². The smallest absolute Gasteiger partial charge is 0.188 e. The number of nitrogens with zero attached hydrogens (tertiary/aromatic N) is 2. The largest absolute Gasteiger partial charge is 0.323 e. The van der Waals surface area contributed by atoms with E-state index in [0.29, 0.717) is 12.1 Å². The van der Waals surface area contributed by atoms with Gasteiger partial charge in [0.2, 0.25) is 0 Å². The first-order valence-corrected chi connectivity index (χ1v) is 21.1. The van der Waals surface area contributed by atoms with E-state index in [4.69, 9.17) is 4.52 Å². The van der Waals surface area contributed by atoms with Crippen LogP contribution in [0.1, 0.15) is 44.3 Å². The van der Waals surface area contributed by atoms with Crippen molar-refractivity contribution in [3.05, 3.63) is 48.0 Å². The molecule has 6 heteroatoms. The Bertz CT molecular complexity index is 889. The summed E-state index contributed by atoms with van der Waals surface area (Å²) in [5.74, 6) is 0. The standard InChI is InChI=1S/C26H43N2OPSi2/c1-21(23-16-12-14-22-13-8-9-15-24(22)23)29-30-27(19-31(2,3)4)25-17-10-11-18-26(25)28(30)20-32(5,6)7/h8-9,12-16,21,25-26H,10-11,17-20H2,1-7H3/t21-,25-,26-/m1/s1. The minimum atomic E-state index is -1.26. The van der Waals surface area contributed by atoms with Crippen molar-refractivity contribution >= 4 is 35.4 Å².